The molecule has 110 valence electrons. The molecule has 0 bridgehead atoms. The third kappa shape index (κ3) is 1.64. The molecule has 22 heavy (non-hydrogen) atoms. The van der Waals surface area contributed by atoms with Crippen LogP contribution in [0.1, 0.15) is 36.1 Å². The van der Waals surface area contributed by atoms with Crippen LogP contribution in [0.25, 0.3) is 32.3 Å². The minimum atomic E-state index is 1.09. The lowest BCUT2D eigenvalue weighted by molar-refractivity contribution is 1.15. The number of benzene rings is 4. The minimum absolute atomic E-state index is 1.09. The maximum Gasteiger partial charge on any atom is -0.00212 e. The molecule has 0 saturated heterocycles. The molecule has 0 spiro atoms. The molecule has 0 aliphatic heterocycles. The van der Waals surface area contributed by atoms with Gasteiger partial charge in [0.1, 0.15) is 0 Å². The van der Waals surface area contributed by atoms with Crippen LogP contribution in [-0.4, -0.2) is 0 Å². The van der Waals surface area contributed by atoms with Crippen molar-refractivity contribution in [3.05, 3.63) is 58.7 Å². The molecule has 0 aromatic heterocycles. The number of rotatable bonds is 2. The maximum absolute atomic E-state index is 2.37. The van der Waals surface area contributed by atoms with Gasteiger partial charge in [-0.05, 0) is 81.3 Å². The lowest BCUT2D eigenvalue weighted by atomic mass is 9.86. The van der Waals surface area contributed by atoms with Crippen LogP contribution in [0, 0.1) is 13.8 Å². The molecule has 0 unspecified atom stereocenters. The summed E-state index contributed by atoms with van der Waals surface area (Å²) >= 11 is 0. The zero-order valence-corrected chi connectivity index (χ0v) is 13.9. The highest BCUT2D eigenvalue weighted by Crippen LogP contribution is 2.40. The van der Waals surface area contributed by atoms with Crippen LogP contribution in [0.15, 0.2) is 36.4 Å². The lowest BCUT2D eigenvalue weighted by Gasteiger charge is -2.18. The van der Waals surface area contributed by atoms with Gasteiger partial charge in [0.05, 0.1) is 0 Å². The Bertz CT molecular complexity index is 921. The zero-order chi connectivity index (χ0) is 15.4. The molecule has 0 N–H and O–H groups in total. The van der Waals surface area contributed by atoms with Gasteiger partial charge >= 0.3 is 0 Å². The number of hydrogen-bond donors (Lipinski definition) is 0. The molecule has 0 heterocycles. The second-order valence-corrected chi connectivity index (χ2v) is 6.48. The number of hydrogen-bond acceptors (Lipinski definition) is 0. The molecule has 4 rings (SSSR count). The maximum atomic E-state index is 2.37. The summed E-state index contributed by atoms with van der Waals surface area (Å²) in [5.74, 6) is 0. The van der Waals surface area contributed by atoms with Crippen molar-refractivity contribution in [2.75, 3.05) is 0 Å². The van der Waals surface area contributed by atoms with Crippen molar-refractivity contribution in [1.82, 2.24) is 0 Å². The van der Waals surface area contributed by atoms with Gasteiger partial charge in [-0.3, -0.25) is 0 Å². The molecule has 4 aromatic rings. The van der Waals surface area contributed by atoms with Crippen LogP contribution >= 0.6 is 0 Å². The van der Waals surface area contributed by atoms with E-state index in [2.05, 4.69) is 64.1 Å². The van der Waals surface area contributed by atoms with E-state index in [9.17, 15) is 0 Å². The third-order valence-electron chi connectivity index (χ3n) is 5.25. The fourth-order valence-corrected chi connectivity index (χ4v) is 4.11. The highest BCUT2D eigenvalue weighted by molar-refractivity contribution is 6.25. The van der Waals surface area contributed by atoms with Crippen LogP contribution in [0.4, 0.5) is 0 Å². The highest BCUT2D eigenvalue weighted by Gasteiger charge is 2.15. The van der Waals surface area contributed by atoms with E-state index >= 15 is 0 Å². The van der Waals surface area contributed by atoms with Crippen molar-refractivity contribution in [2.45, 2.75) is 40.5 Å². The van der Waals surface area contributed by atoms with Gasteiger partial charge in [0, 0.05) is 0 Å². The molecule has 0 amide bonds. The third-order valence-corrected chi connectivity index (χ3v) is 5.25. The Labute approximate surface area is 132 Å². The Kier molecular flexibility index (Phi) is 2.91. The fourth-order valence-electron chi connectivity index (χ4n) is 4.11. The molecule has 0 atom stereocenters. The first-order valence-electron chi connectivity index (χ1n) is 8.35. The average Bonchev–Trinajstić information content (AvgIpc) is 2.55. The molecular weight excluding hydrogens is 264 g/mol. The van der Waals surface area contributed by atoms with Crippen LogP contribution in [-0.2, 0) is 12.8 Å². The topological polar surface area (TPSA) is 0 Å². The molecular formula is C22H22. The van der Waals surface area contributed by atoms with E-state index in [4.69, 9.17) is 0 Å². The van der Waals surface area contributed by atoms with Crippen LogP contribution in [0.3, 0.4) is 0 Å². The van der Waals surface area contributed by atoms with Crippen molar-refractivity contribution >= 4 is 32.3 Å². The Morgan fingerprint density at radius 2 is 0.955 bits per heavy atom. The normalized spacial score (nSPS) is 12.0. The molecule has 0 aliphatic rings. The second-order valence-electron chi connectivity index (χ2n) is 6.48. The Morgan fingerprint density at radius 3 is 1.32 bits per heavy atom. The van der Waals surface area contributed by atoms with E-state index in [-0.39, 0.29) is 0 Å². The van der Waals surface area contributed by atoms with E-state index in [0.717, 1.165) is 12.8 Å². The lowest BCUT2D eigenvalue weighted by Crippen LogP contribution is -1.95. The first-order chi connectivity index (χ1) is 10.7. The first kappa shape index (κ1) is 13.6. The standard InChI is InChI=1S/C22H22/c1-5-15-11-13(3)17-8-10-20-16(6-2)12-14(4)18-7-9-19(15)21(17)22(18)20/h7-12H,5-6H2,1-4H3. The van der Waals surface area contributed by atoms with Gasteiger partial charge in [-0.15, -0.1) is 0 Å². The molecule has 0 aliphatic carbocycles. The van der Waals surface area contributed by atoms with E-state index in [1.54, 1.807) is 0 Å². The summed E-state index contributed by atoms with van der Waals surface area (Å²) in [6.07, 6.45) is 2.18. The monoisotopic (exact) mass is 286 g/mol. The van der Waals surface area contributed by atoms with Crippen molar-refractivity contribution in [3.63, 3.8) is 0 Å². The fraction of sp³-hybridized carbons (Fsp3) is 0.273. The summed E-state index contributed by atoms with van der Waals surface area (Å²) in [6, 6.07) is 14.1. The molecule has 0 fully saturated rings. The second kappa shape index (κ2) is 4.71. The Morgan fingerprint density at radius 1 is 0.591 bits per heavy atom. The van der Waals surface area contributed by atoms with Crippen molar-refractivity contribution < 1.29 is 0 Å². The molecule has 0 nitrogen and oxygen atoms in total. The van der Waals surface area contributed by atoms with Gasteiger partial charge in [-0.2, -0.15) is 0 Å². The van der Waals surface area contributed by atoms with E-state index in [1.165, 1.54) is 54.6 Å². The Hall–Kier alpha value is -2.08. The van der Waals surface area contributed by atoms with Gasteiger partial charge in [0.2, 0.25) is 0 Å². The first-order valence-corrected chi connectivity index (χ1v) is 8.35. The molecule has 0 saturated carbocycles. The summed E-state index contributed by atoms with van der Waals surface area (Å²) in [5.41, 5.74) is 5.74. The summed E-state index contributed by atoms with van der Waals surface area (Å²) in [4.78, 5) is 0. The highest BCUT2D eigenvalue weighted by atomic mass is 14.2. The van der Waals surface area contributed by atoms with Gasteiger partial charge in [-0.1, -0.05) is 50.2 Å². The molecule has 4 aromatic carbocycles. The molecule has 0 radical (unpaired) electrons. The smallest absolute Gasteiger partial charge is 0.00212 e. The minimum Gasteiger partial charge on any atom is -0.0613 e. The zero-order valence-electron chi connectivity index (χ0n) is 13.9. The summed E-state index contributed by atoms with van der Waals surface area (Å²) < 4.78 is 0. The van der Waals surface area contributed by atoms with E-state index < -0.39 is 0 Å². The van der Waals surface area contributed by atoms with Crippen LogP contribution in [0.5, 0.6) is 0 Å². The van der Waals surface area contributed by atoms with Gasteiger partial charge in [0.25, 0.3) is 0 Å². The van der Waals surface area contributed by atoms with E-state index in [0.29, 0.717) is 0 Å². The van der Waals surface area contributed by atoms with Gasteiger partial charge in [-0.25, -0.2) is 0 Å². The summed E-state index contributed by atoms with van der Waals surface area (Å²) in [7, 11) is 0. The average molecular weight is 286 g/mol. The van der Waals surface area contributed by atoms with Crippen molar-refractivity contribution in [3.8, 4) is 0 Å². The SMILES string of the molecule is CCc1cc(C)c2ccc3c(CC)cc(C)c4ccc1c2c43. The van der Waals surface area contributed by atoms with Crippen LogP contribution < -0.4 is 0 Å². The largest absolute Gasteiger partial charge is 0.0613 e. The predicted molar refractivity (Wildman–Crippen MR) is 98.4 cm³/mol. The van der Waals surface area contributed by atoms with E-state index in [1.807, 2.05) is 0 Å². The predicted octanol–water partition coefficient (Wildman–Crippen LogP) is 6.33. The quantitative estimate of drug-likeness (QED) is 0.378. The summed E-state index contributed by atoms with van der Waals surface area (Å²) in [5, 5.41) is 8.66. The van der Waals surface area contributed by atoms with Crippen LogP contribution in [0.2, 0.25) is 0 Å². The number of aryl methyl sites for hydroxylation is 4. The summed E-state index contributed by atoms with van der Waals surface area (Å²) in [6.45, 7) is 9.01. The Balaban J connectivity index is 2.38. The van der Waals surface area contributed by atoms with Gasteiger partial charge < -0.3 is 0 Å². The van der Waals surface area contributed by atoms with Crippen molar-refractivity contribution in [1.29, 1.82) is 0 Å². The molecule has 0 heteroatoms. The van der Waals surface area contributed by atoms with Crippen molar-refractivity contribution in [2.24, 2.45) is 0 Å². The van der Waals surface area contributed by atoms with Gasteiger partial charge in [0.15, 0.2) is 0 Å².